The third-order valence-electron chi connectivity index (χ3n) is 1.54. The molecule has 0 fully saturated rings. The van der Waals surface area contributed by atoms with Crippen LogP contribution in [0.1, 0.15) is 5.56 Å². The summed E-state index contributed by atoms with van der Waals surface area (Å²) in [6, 6.07) is 8.17. The Kier molecular flexibility index (Phi) is 4.66. The Bertz CT molecular complexity index is 240. The maximum atomic E-state index is 5.53. The van der Waals surface area contributed by atoms with Gasteiger partial charge in [0, 0.05) is 23.4 Å². The quantitative estimate of drug-likeness (QED) is 0.638. The molecular formula is C9H11BrClN. The van der Waals surface area contributed by atoms with Crippen LogP contribution < -0.4 is 5.32 Å². The summed E-state index contributed by atoms with van der Waals surface area (Å²) >= 11 is 9.01. The molecule has 0 unspecified atom stereocenters. The molecule has 0 heterocycles. The van der Waals surface area contributed by atoms with E-state index in [1.54, 1.807) is 0 Å². The van der Waals surface area contributed by atoms with Crippen LogP contribution in [0.3, 0.4) is 0 Å². The molecule has 0 spiro atoms. The van der Waals surface area contributed by atoms with Crippen molar-refractivity contribution in [3.63, 3.8) is 0 Å². The molecule has 0 aliphatic rings. The molecule has 12 heavy (non-hydrogen) atoms. The summed E-state index contributed by atoms with van der Waals surface area (Å²) in [5.74, 6) is 0.657. The standard InChI is InChI=1S/C9H11BrClN/c10-9-4-2-1-3-8(9)7-12-6-5-11/h1-4,12H,5-7H2. The normalized spacial score (nSPS) is 10.2. The van der Waals surface area contributed by atoms with Crippen LogP contribution in [0.5, 0.6) is 0 Å². The second kappa shape index (κ2) is 5.57. The first-order valence-corrected chi connectivity index (χ1v) is 5.17. The number of rotatable bonds is 4. The van der Waals surface area contributed by atoms with Gasteiger partial charge in [-0.1, -0.05) is 34.1 Å². The minimum absolute atomic E-state index is 0.657. The van der Waals surface area contributed by atoms with Crippen LogP contribution in [0.2, 0.25) is 0 Å². The Morgan fingerprint density at radius 1 is 1.33 bits per heavy atom. The number of hydrogen-bond acceptors (Lipinski definition) is 1. The zero-order valence-electron chi connectivity index (χ0n) is 6.69. The number of nitrogens with one attached hydrogen (secondary N) is 1. The van der Waals surface area contributed by atoms with Gasteiger partial charge in [-0.2, -0.15) is 0 Å². The van der Waals surface area contributed by atoms with Crippen molar-refractivity contribution in [3.05, 3.63) is 34.3 Å². The Morgan fingerprint density at radius 3 is 2.75 bits per heavy atom. The fourth-order valence-electron chi connectivity index (χ4n) is 0.932. The van der Waals surface area contributed by atoms with E-state index in [1.807, 2.05) is 18.2 Å². The lowest BCUT2D eigenvalue weighted by atomic mass is 10.2. The lowest BCUT2D eigenvalue weighted by Crippen LogP contribution is -2.15. The van der Waals surface area contributed by atoms with Gasteiger partial charge in [-0.15, -0.1) is 11.6 Å². The summed E-state index contributed by atoms with van der Waals surface area (Å²) < 4.78 is 1.15. The van der Waals surface area contributed by atoms with Crippen molar-refractivity contribution in [2.24, 2.45) is 0 Å². The van der Waals surface area contributed by atoms with Crippen LogP contribution in [-0.4, -0.2) is 12.4 Å². The lowest BCUT2D eigenvalue weighted by Gasteiger charge is -2.04. The number of benzene rings is 1. The molecule has 66 valence electrons. The average Bonchev–Trinajstić information content (AvgIpc) is 2.09. The minimum Gasteiger partial charge on any atom is -0.311 e. The van der Waals surface area contributed by atoms with Gasteiger partial charge in [-0.05, 0) is 11.6 Å². The first-order chi connectivity index (χ1) is 5.84. The molecule has 0 aromatic heterocycles. The number of hydrogen-bond donors (Lipinski definition) is 1. The van der Waals surface area contributed by atoms with E-state index >= 15 is 0 Å². The summed E-state index contributed by atoms with van der Waals surface area (Å²) in [5.41, 5.74) is 1.27. The van der Waals surface area contributed by atoms with Gasteiger partial charge in [-0.3, -0.25) is 0 Å². The number of halogens is 2. The van der Waals surface area contributed by atoms with Gasteiger partial charge in [0.25, 0.3) is 0 Å². The van der Waals surface area contributed by atoms with Crippen molar-refractivity contribution in [2.75, 3.05) is 12.4 Å². The molecule has 3 heteroatoms. The molecule has 0 aliphatic carbocycles. The van der Waals surface area contributed by atoms with Crippen LogP contribution in [0.15, 0.2) is 28.7 Å². The molecule has 1 N–H and O–H groups in total. The fourth-order valence-corrected chi connectivity index (χ4v) is 1.49. The van der Waals surface area contributed by atoms with E-state index in [-0.39, 0.29) is 0 Å². The molecule has 1 nitrogen and oxygen atoms in total. The van der Waals surface area contributed by atoms with Gasteiger partial charge in [0.15, 0.2) is 0 Å². The topological polar surface area (TPSA) is 12.0 Å². The van der Waals surface area contributed by atoms with Crippen LogP contribution in [0, 0.1) is 0 Å². The largest absolute Gasteiger partial charge is 0.311 e. The summed E-state index contributed by atoms with van der Waals surface area (Å²) in [6.45, 7) is 1.72. The van der Waals surface area contributed by atoms with Crippen molar-refractivity contribution in [1.82, 2.24) is 5.32 Å². The van der Waals surface area contributed by atoms with Crippen molar-refractivity contribution in [1.29, 1.82) is 0 Å². The Labute approximate surface area is 86.2 Å². The van der Waals surface area contributed by atoms with Crippen molar-refractivity contribution >= 4 is 27.5 Å². The lowest BCUT2D eigenvalue weighted by molar-refractivity contribution is 0.728. The molecule has 1 rings (SSSR count). The van der Waals surface area contributed by atoms with Gasteiger partial charge < -0.3 is 5.32 Å². The van der Waals surface area contributed by atoms with E-state index in [0.717, 1.165) is 17.6 Å². The molecule has 0 bridgehead atoms. The molecule has 1 aromatic carbocycles. The van der Waals surface area contributed by atoms with Gasteiger partial charge in [0.2, 0.25) is 0 Å². The third-order valence-corrected chi connectivity index (χ3v) is 2.51. The van der Waals surface area contributed by atoms with Gasteiger partial charge in [0.1, 0.15) is 0 Å². The average molecular weight is 249 g/mol. The van der Waals surface area contributed by atoms with Gasteiger partial charge in [-0.25, -0.2) is 0 Å². The van der Waals surface area contributed by atoms with Crippen LogP contribution in [0.25, 0.3) is 0 Å². The van der Waals surface area contributed by atoms with E-state index in [2.05, 4.69) is 27.3 Å². The molecule has 0 aliphatic heterocycles. The zero-order valence-corrected chi connectivity index (χ0v) is 9.03. The highest BCUT2D eigenvalue weighted by atomic mass is 79.9. The monoisotopic (exact) mass is 247 g/mol. The van der Waals surface area contributed by atoms with Crippen LogP contribution >= 0.6 is 27.5 Å². The Morgan fingerprint density at radius 2 is 2.08 bits per heavy atom. The second-order valence-corrected chi connectivity index (χ2v) is 3.69. The molecule has 0 saturated carbocycles. The van der Waals surface area contributed by atoms with Crippen molar-refractivity contribution < 1.29 is 0 Å². The number of alkyl halides is 1. The fraction of sp³-hybridized carbons (Fsp3) is 0.333. The zero-order chi connectivity index (χ0) is 8.81. The van der Waals surface area contributed by atoms with E-state index in [0.29, 0.717) is 5.88 Å². The molecule has 1 aromatic rings. The first kappa shape index (κ1) is 10.0. The van der Waals surface area contributed by atoms with E-state index in [1.165, 1.54) is 5.56 Å². The van der Waals surface area contributed by atoms with Crippen LogP contribution in [-0.2, 0) is 6.54 Å². The highest BCUT2D eigenvalue weighted by Crippen LogP contribution is 2.14. The molecule has 0 atom stereocenters. The summed E-state index contributed by atoms with van der Waals surface area (Å²) in [4.78, 5) is 0. The minimum atomic E-state index is 0.657. The smallest absolute Gasteiger partial charge is 0.0348 e. The highest BCUT2D eigenvalue weighted by molar-refractivity contribution is 9.10. The van der Waals surface area contributed by atoms with E-state index in [4.69, 9.17) is 11.6 Å². The third kappa shape index (κ3) is 3.13. The maximum absolute atomic E-state index is 5.53. The van der Waals surface area contributed by atoms with Gasteiger partial charge >= 0.3 is 0 Å². The molecule has 0 amide bonds. The van der Waals surface area contributed by atoms with Crippen molar-refractivity contribution in [3.8, 4) is 0 Å². The Hall–Kier alpha value is -0.0500. The SMILES string of the molecule is ClCCNCc1ccccc1Br. The van der Waals surface area contributed by atoms with Crippen molar-refractivity contribution in [2.45, 2.75) is 6.54 Å². The first-order valence-electron chi connectivity index (χ1n) is 3.84. The second-order valence-electron chi connectivity index (χ2n) is 2.46. The Balaban J connectivity index is 2.46. The predicted octanol–water partition coefficient (Wildman–Crippen LogP) is 2.78. The van der Waals surface area contributed by atoms with Gasteiger partial charge in [0.05, 0.1) is 0 Å². The van der Waals surface area contributed by atoms with E-state index < -0.39 is 0 Å². The summed E-state index contributed by atoms with van der Waals surface area (Å²) in [5, 5.41) is 3.23. The predicted molar refractivity (Wildman–Crippen MR) is 56.6 cm³/mol. The molecular weight excluding hydrogens is 237 g/mol. The van der Waals surface area contributed by atoms with Crippen LogP contribution in [0.4, 0.5) is 0 Å². The maximum Gasteiger partial charge on any atom is 0.0348 e. The summed E-state index contributed by atoms with van der Waals surface area (Å²) in [6.07, 6.45) is 0. The van der Waals surface area contributed by atoms with E-state index in [9.17, 15) is 0 Å². The summed E-state index contributed by atoms with van der Waals surface area (Å²) in [7, 11) is 0. The molecule has 0 radical (unpaired) electrons. The highest BCUT2D eigenvalue weighted by Gasteiger charge is 1.95. The molecule has 0 saturated heterocycles.